The Morgan fingerprint density at radius 3 is 2.69 bits per heavy atom. The van der Waals surface area contributed by atoms with E-state index in [0.29, 0.717) is 11.6 Å². The number of aryl methyl sites for hydroxylation is 2. The van der Waals surface area contributed by atoms with Crippen LogP contribution in [0.25, 0.3) is 11.3 Å². The van der Waals surface area contributed by atoms with E-state index >= 15 is 0 Å². The number of anilines is 1. The molecule has 0 saturated carbocycles. The summed E-state index contributed by atoms with van der Waals surface area (Å²) in [4.78, 5) is 0. The van der Waals surface area contributed by atoms with Crippen LogP contribution in [0.5, 0.6) is 0 Å². The predicted octanol–water partition coefficient (Wildman–Crippen LogP) is 2.77. The molecule has 0 bridgehead atoms. The van der Waals surface area contributed by atoms with Crippen LogP contribution < -0.4 is 5.32 Å². The monoisotopic (exact) mass is 221 g/mol. The van der Waals surface area contributed by atoms with Gasteiger partial charge in [-0.3, -0.25) is 0 Å². The lowest BCUT2D eigenvalue weighted by atomic mass is 10.2. The number of nitrogens with one attached hydrogen (secondary N) is 1. The molecule has 1 N–H and O–H groups in total. The molecule has 2 aromatic heterocycles. The third kappa shape index (κ3) is 1.93. The minimum atomic E-state index is 0.649. The molecule has 0 aliphatic heterocycles. The second kappa shape index (κ2) is 4.38. The molecule has 2 rings (SSSR count). The van der Waals surface area contributed by atoms with Gasteiger partial charge in [0.05, 0.1) is 11.4 Å². The van der Waals surface area contributed by atoms with Crippen LogP contribution in [0.3, 0.4) is 0 Å². The summed E-state index contributed by atoms with van der Waals surface area (Å²) in [6, 6.07) is 1.87. The first-order chi connectivity index (χ1) is 7.72. The average Bonchev–Trinajstić information content (AvgIpc) is 2.82. The maximum atomic E-state index is 5.22. The molecule has 0 aliphatic rings. The maximum Gasteiger partial charge on any atom is 0.236 e. The van der Waals surface area contributed by atoms with Crippen molar-refractivity contribution in [3.8, 4) is 11.3 Å². The fraction of sp³-hybridized carbons (Fsp3) is 0.455. The van der Waals surface area contributed by atoms with Crippen LogP contribution in [0.4, 0.5) is 5.88 Å². The molecular weight excluding hydrogens is 206 g/mol. The first-order valence-electron chi connectivity index (χ1n) is 5.36. The van der Waals surface area contributed by atoms with Gasteiger partial charge in [-0.25, -0.2) is 0 Å². The first kappa shape index (κ1) is 10.7. The van der Waals surface area contributed by atoms with Crippen LogP contribution in [0.2, 0.25) is 0 Å². The first-order valence-corrected chi connectivity index (χ1v) is 5.36. The molecule has 0 saturated heterocycles. The topological polar surface area (TPSA) is 64.1 Å². The highest BCUT2D eigenvalue weighted by molar-refractivity contribution is 5.72. The van der Waals surface area contributed by atoms with Crippen LogP contribution in [0.1, 0.15) is 24.7 Å². The highest BCUT2D eigenvalue weighted by atomic mass is 16.5. The van der Waals surface area contributed by atoms with Crippen LogP contribution in [-0.2, 0) is 0 Å². The van der Waals surface area contributed by atoms with Crippen molar-refractivity contribution in [3.63, 3.8) is 0 Å². The molecule has 0 spiro atoms. The van der Waals surface area contributed by atoms with Gasteiger partial charge in [0.15, 0.2) is 5.76 Å². The van der Waals surface area contributed by atoms with Crippen LogP contribution in [0, 0.1) is 13.8 Å². The SMILES string of the molecule is CCCNc1onc(C)c1-c1cc(C)no1. The molecule has 0 aromatic carbocycles. The van der Waals surface area contributed by atoms with Crippen molar-refractivity contribution >= 4 is 5.88 Å². The van der Waals surface area contributed by atoms with E-state index < -0.39 is 0 Å². The summed E-state index contributed by atoms with van der Waals surface area (Å²) < 4.78 is 10.4. The van der Waals surface area contributed by atoms with E-state index in [1.165, 1.54) is 0 Å². The molecule has 16 heavy (non-hydrogen) atoms. The van der Waals surface area contributed by atoms with Gasteiger partial charge in [0.25, 0.3) is 0 Å². The van der Waals surface area contributed by atoms with Gasteiger partial charge >= 0.3 is 0 Å². The summed E-state index contributed by atoms with van der Waals surface area (Å²) >= 11 is 0. The van der Waals surface area contributed by atoms with E-state index in [1.54, 1.807) is 0 Å². The summed E-state index contributed by atoms with van der Waals surface area (Å²) in [5.41, 5.74) is 2.50. The highest BCUT2D eigenvalue weighted by Crippen LogP contribution is 2.31. The predicted molar refractivity (Wildman–Crippen MR) is 60.3 cm³/mol. The van der Waals surface area contributed by atoms with Crippen molar-refractivity contribution in [2.24, 2.45) is 0 Å². The van der Waals surface area contributed by atoms with Crippen molar-refractivity contribution in [2.45, 2.75) is 27.2 Å². The number of aromatic nitrogens is 2. The zero-order chi connectivity index (χ0) is 11.5. The zero-order valence-electron chi connectivity index (χ0n) is 9.70. The maximum absolute atomic E-state index is 5.22. The summed E-state index contributed by atoms with van der Waals surface area (Å²) in [6.07, 6.45) is 1.02. The molecular formula is C11H15N3O2. The normalized spacial score (nSPS) is 10.7. The van der Waals surface area contributed by atoms with Gasteiger partial charge in [-0.2, -0.15) is 0 Å². The van der Waals surface area contributed by atoms with E-state index in [1.807, 2.05) is 19.9 Å². The minimum absolute atomic E-state index is 0.649. The Hall–Kier alpha value is -1.78. The van der Waals surface area contributed by atoms with Gasteiger partial charge in [-0.15, -0.1) is 0 Å². The fourth-order valence-corrected chi connectivity index (χ4v) is 1.50. The molecule has 0 amide bonds. The van der Waals surface area contributed by atoms with Crippen molar-refractivity contribution in [3.05, 3.63) is 17.5 Å². The molecule has 2 aromatic rings. The number of nitrogens with zero attached hydrogens (tertiary/aromatic N) is 2. The molecule has 86 valence electrons. The van der Waals surface area contributed by atoms with Crippen molar-refractivity contribution in [1.29, 1.82) is 0 Å². The van der Waals surface area contributed by atoms with Gasteiger partial charge in [0.1, 0.15) is 5.56 Å². The molecule has 0 atom stereocenters. The second-order valence-corrected chi connectivity index (χ2v) is 3.73. The van der Waals surface area contributed by atoms with Crippen LogP contribution >= 0.6 is 0 Å². The van der Waals surface area contributed by atoms with Crippen molar-refractivity contribution in [1.82, 2.24) is 10.3 Å². The van der Waals surface area contributed by atoms with E-state index in [0.717, 1.165) is 29.9 Å². The fourth-order valence-electron chi connectivity index (χ4n) is 1.50. The Morgan fingerprint density at radius 1 is 1.25 bits per heavy atom. The summed E-state index contributed by atoms with van der Waals surface area (Å²) in [5.74, 6) is 1.34. The summed E-state index contributed by atoms with van der Waals surface area (Å²) in [7, 11) is 0. The van der Waals surface area contributed by atoms with Gasteiger partial charge in [-0.05, 0) is 20.3 Å². The van der Waals surface area contributed by atoms with E-state index in [-0.39, 0.29) is 0 Å². The Kier molecular flexibility index (Phi) is 2.94. The van der Waals surface area contributed by atoms with Gasteiger partial charge in [0.2, 0.25) is 5.88 Å². The van der Waals surface area contributed by atoms with E-state index in [4.69, 9.17) is 9.05 Å². The van der Waals surface area contributed by atoms with E-state index in [9.17, 15) is 0 Å². The van der Waals surface area contributed by atoms with Gasteiger partial charge in [0, 0.05) is 12.6 Å². The third-order valence-corrected chi connectivity index (χ3v) is 2.27. The molecule has 0 fully saturated rings. The lowest BCUT2D eigenvalue weighted by Crippen LogP contribution is -1.99. The average molecular weight is 221 g/mol. The standard InChI is InChI=1S/C11H15N3O2/c1-4-5-12-11-10(8(3)14-16-11)9-6-7(2)13-15-9/h6,12H,4-5H2,1-3H3. The zero-order valence-corrected chi connectivity index (χ0v) is 9.70. The highest BCUT2D eigenvalue weighted by Gasteiger charge is 2.18. The minimum Gasteiger partial charge on any atom is -0.356 e. The van der Waals surface area contributed by atoms with Gasteiger partial charge < -0.3 is 14.4 Å². The Morgan fingerprint density at radius 2 is 2.06 bits per heavy atom. The van der Waals surface area contributed by atoms with Crippen molar-refractivity contribution < 1.29 is 9.05 Å². The number of hydrogen-bond donors (Lipinski definition) is 1. The van der Waals surface area contributed by atoms with Gasteiger partial charge in [-0.1, -0.05) is 17.2 Å². The lowest BCUT2D eigenvalue weighted by molar-refractivity contribution is 0.422. The molecule has 2 heterocycles. The Labute approximate surface area is 93.8 Å². The molecule has 0 unspecified atom stereocenters. The summed E-state index contributed by atoms with van der Waals surface area (Å²) in [5, 5.41) is 11.0. The Balaban J connectivity index is 2.35. The quantitative estimate of drug-likeness (QED) is 0.860. The molecule has 5 heteroatoms. The third-order valence-electron chi connectivity index (χ3n) is 2.27. The van der Waals surface area contributed by atoms with Crippen molar-refractivity contribution in [2.75, 3.05) is 11.9 Å². The Bertz CT molecular complexity index is 473. The molecule has 5 nitrogen and oxygen atoms in total. The molecule has 0 aliphatic carbocycles. The van der Waals surface area contributed by atoms with Crippen LogP contribution in [0.15, 0.2) is 15.1 Å². The largest absolute Gasteiger partial charge is 0.356 e. The molecule has 0 radical (unpaired) electrons. The van der Waals surface area contributed by atoms with Crippen LogP contribution in [-0.4, -0.2) is 16.9 Å². The number of hydrogen-bond acceptors (Lipinski definition) is 5. The smallest absolute Gasteiger partial charge is 0.236 e. The lowest BCUT2D eigenvalue weighted by Gasteiger charge is -2.00. The second-order valence-electron chi connectivity index (χ2n) is 3.73. The van der Waals surface area contributed by atoms with E-state index in [2.05, 4.69) is 22.6 Å². The number of rotatable bonds is 4. The summed E-state index contributed by atoms with van der Waals surface area (Å²) in [6.45, 7) is 6.70.